The highest BCUT2D eigenvalue weighted by Crippen LogP contribution is 2.28. The van der Waals surface area contributed by atoms with Crippen LogP contribution in [0.2, 0.25) is 0 Å². The predicted molar refractivity (Wildman–Crippen MR) is 75.8 cm³/mol. The van der Waals surface area contributed by atoms with Crippen LogP contribution in [0, 0.1) is 11.6 Å². The lowest BCUT2D eigenvalue weighted by Crippen LogP contribution is -1.92. The minimum atomic E-state index is -0.683. The number of rotatable bonds is 3. The van der Waals surface area contributed by atoms with Crippen LogP contribution >= 0.6 is 0 Å². The second kappa shape index (κ2) is 5.82. The van der Waals surface area contributed by atoms with Crippen LogP contribution in [0.5, 0.6) is 5.75 Å². The van der Waals surface area contributed by atoms with E-state index in [9.17, 15) is 13.9 Å². The fourth-order valence-electron chi connectivity index (χ4n) is 1.91. The van der Waals surface area contributed by atoms with Gasteiger partial charge in [-0.3, -0.25) is 4.99 Å². The fourth-order valence-corrected chi connectivity index (χ4v) is 1.91. The Labute approximate surface area is 116 Å². The molecule has 2 aromatic rings. The molecule has 0 spiro atoms. The molecule has 0 heterocycles. The van der Waals surface area contributed by atoms with Crippen molar-refractivity contribution in [2.24, 2.45) is 4.99 Å². The summed E-state index contributed by atoms with van der Waals surface area (Å²) in [6, 6.07) is 8.38. The summed E-state index contributed by atoms with van der Waals surface area (Å²) < 4.78 is 26.1. The van der Waals surface area contributed by atoms with Gasteiger partial charge in [0, 0.05) is 17.8 Å². The van der Waals surface area contributed by atoms with Gasteiger partial charge >= 0.3 is 0 Å². The monoisotopic (exact) mass is 275 g/mol. The van der Waals surface area contributed by atoms with Crippen molar-refractivity contribution in [2.45, 2.75) is 19.8 Å². The van der Waals surface area contributed by atoms with Crippen LogP contribution in [0.25, 0.3) is 0 Å². The molecule has 0 aliphatic heterocycles. The van der Waals surface area contributed by atoms with E-state index in [1.165, 1.54) is 6.21 Å². The summed E-state index contributed by atoms with van der Waals surface area (Å²) in [5, 5.41) is 10.1. The van der Waals surface area contributed by atoms with Crippen molar-refractivity contribution in [3.8, 4) is 5.75 Å². The van der Waals surface area contributed by atoms with Gasteiger partial charge < -0.3 is 5.11 Å². The molecule has 0 fully saturated rings. The molecule has 0 aliphatic rings. The van der Waals surface area contributed by atoms with Crippen molar-refractivity contribution in [1.29, 1.82) is 0 Å². The summed E-state index contributed by atoms with van der Waals surface area (Å²) in [7, 11) is 0. The van der Waals surface area contributed by atoms with E-state index in [0.29, 0.717) is 5.56 Å². The molecule has 0 unspecified atom stereocenters. The summed E-state index contributed by atoms with van der Waals surface area (Å²) in [5.41, 5.74) is 1.48. The lowest BCUT2D eigenvalue weighted by atomic mass is 9.99. The first kappa shape index (κ1) is 14.2. The smallest absolute Gasteiger partial charge is 0.128 e. The average Bonchev–Trinajstić information content (AvgIpc) is 2.36. The Balaban J connectivity index is 2.34. The Bertz CT molecular complexity index is 631. The van der Waals surface area contributed by atoms with Crippen LogP contribution in [-0.4, -0.2) is 11.3 Å². The van der Waals surface area contributed by atoms with Crippen LogP contribution in [-0.2, 0) is 0 Å². The second-order valence-electron chi connectivity index (χ2n) is 4.83. The Morgan fingerprint density at radius 3 is 2.35 bits per heavy atom. The van der Waals surface area contributed by atoms with E-state index in [2.05, 4.69) is 4.99 Å². The zero-order valence-electron chi connectivity index (χ0n) is 11.3. The first-order valence-electron chi connectivity index (χ1n) is 6.29. The quantitative estimate of drug-likeness (QED) is 0.819. The Morgan fingerprint density at radius 2 is 1.75 bits per heavy atom. The molecule has 0 saturated heterocycles. The molecular weight excluding hydrogens is 260 g/mol. The van der Waals surface area contributed by atoms with Gasteiger partial charge in [0.15, 0.2) is 0 Å². The van der Waals surface area contributed by atoms with Gasteiger partial charge in [-0.2, -0.15) is 0 Å². The van der Waals surface area contributed by atoms with E-state index in [1.54, 1.807) is 6.07 Å². The van der Waals surface area contributed by atoms with Crippen molar-refractivity contribution in [3.05, 3.63) is 59.2 Å². The van der Waals surface area contributed by atoms with Gasteiger partial charge in [0.2, 0.25) is 0 Å². The predicted octanol–water partition coefficient (Wildman–Crippen LogP) is 4.54. The molecule has 0 saturated carbocycles. The standard InChI is InChI=1S/C16H15F2NO/c1-10(2)15-5-3-4-11(16(15)20)9-19-14-7-12(17)6-13(18)8-14/h3-10,20H,1-2H3. The van der Waals surface area contributed by atoms with Gasteiger partial charge in [0.25, 0.3) is 0 Å². The van der Waals surface area contributed by atoms with Crippen LogP contribution in [0.15, 0.2) is 41.4 Å². The van der Waals surface area contributed by atoms with E-state index in [4.69, 9.17) is 0 Å². The molecule has 0 amide bonds. The van der Waals surface area contributed by atoms with E-state index < -0.39 is 11.6 Å². The number of hydrogen-bond donors (Lipinski definition) is 1. The van der Waals surface area contributed by atoms with E-state index >= 15 is 0 Å². The molecule has 20 heavy (non-hydrogen) atoms. The summed E-state index contributed by atoms with van der Waals surface area (Å²) in [6.45, 7) is 3.94. The molecule has 2 aromatic carbocycles. The molecule has 1 N–H and O–H groups in total. The highest BCUT2D eigenvalue weighted by atomic mass is 19.1. The third kappa shape index (κ3) is 3.20. The first-order valence-corrected chi connectivity index (χ1v) is 6.29. The highest BCUT2D eigenvalue weighted by molar-refractivity contribution is 5.86. The second-order valence-corrected chi connectivity index (χ2v) is 4.83. The largest absolute Gasteiger partial charge is 0.507 e. The number of aromatic hydroxyl groups is 1. The summed E-state index contributed by atoms with van der Waals surface area (Å²) in [4.78, 5) is 3.99. The minimum Gasteiger partial charge on any atom is -0.507 e. The van der Waals surface area contributed by atoms with Crippen molar-refractivity contribution in [2.75, 3.05) is 0 Å². The van der Waals surface area contributed by atoms with Gasteiger partial charge in [0.1, 0.15) is 17.4 Å². The number of phenols is 1. The zero-order valence-corrected chi connectivity index (χ0v) is 11.3. The lowest BCUT2D eigenvalue weighted by molar-refractivity contribution is 0.464. The normalized spacial score (nSPS) is 11.4. The molecule has 0 aromatic heterocycles. The van der Waals surface area contributed by atoms with Crippen molar-refractivity contribution >= 4 is 11.9 Å². The molecule has 4 heteroatoms. The van der Waals surface area contributed by atoms with Gasteiger partial charge in [-0.25, -0.2) is 8.78 Å². The molecule has 2 nitrogen and oxygen atoms in total. The summed E-state index contributed by atoms with van der Waals surface area (Å²) >= 11 is 0. The number of hydrogen-bond acceptors (Lipinski definition) is 2. The first-order chi connectivity index (χ1) is 9.47. The molecule has 0 aliphatic carbocycles. The molecule has 0 radical (unpaired) electrons. The average molecular weight is 275 g/mol. The third-order valence-electron chi connectivity index (χ3n) is 2.92. The van der Waals surface area contributed by atoms with Crippen molar-refractivity contribution in [3.63, 3.8) is 0 Å². The fraction of sp³-hybridized carbons (Fsp3) is 0.188. The number of halogens is 2. The van der Waals surface area contributed by atoms with Crippen LogP contribution in [0.1, 0.15) is 30.9 Å². The number of aliphatic imine (C=N–C) groups is 1. The van der Waals surface area contributed by atoms with Gasteiger partial charge in [-0.15, -0.1) is 0 Å². The topological polar surface area (TPSA) is 32.6 Å². The summed E-state index contributed by atoms with van der Waals surface area (Å²) in [6.07, 6.45) is 1.40. The Hall–Kier alpha value is -2.23. The molecule has 0 bridgehead atoms. The van der Waals surface area contributed by atoms with Gasteiger partial charge in [-0.1, -0.05) is 26.0 Å². The van der Waals surface area contributed by atoms with E-state index in [0.717, 1.165) is 23.8 Å². The van der Waals surface area contributed by atoms with Crippen molar-refractivity contribution < 1.29 is 13.9 Å². The molecule has 0 atom stereocenters. The maximum atomic E-state index is 13.0. The molecule has 2 rings (SSSR count). The lowest BCUT2D eigenvalue weighted by Gasteiger charge is -2.09. The highest BCUT2D eigenvalue weighted by Gasteiger charge is 2.08. The number of benzene rings is 2. The van der Waals surface area contributed by atoms with Gasteiger partial charge in [0.05, 0.1) is 5.69 Å². The molecule has 104 valence electrons. The van der Waals surface area contributed by atoms with Gasteiger partial charge in [-0.05, 0) is 29.7 Å². The summed E-state index contributed by atoms with van der Waals surface area (Å²) in [5.74, 6) is -1.05. The molecular formula is C16H15F2NO. The SMILES string of the molecule is CC(C)c1cccc(C=Nc2cc(F)cc(F)c2)c1O. The Kier molecular flexibility index (Phi) is 4.13. The van der Waals surface area contributed by atoms with Crippen molar-refractivity contribution in [1.82, 2.24) is 0 Å². The number of nitrogens with zero attached hydrogens (tertiary/aromatic N) is 1. The van der Waals surface area contributed by atoms with Crippen LogP contribution < -0.4 is 0 Å². The van der Waals surface area contributed by atoms with E-state index in [-0.39, 0.29) is 17.4 Å². The minimum absolute atomic E-state index is 0.142. The Morgan fingerprint density at radius 1 is 1.10 bits per heavy atom. The zero-order chi connectivity index (χ0) is 14.7. The maximum Gasteiger partial charge on any atom is 0.128 e. The number of para-hydroxylation sites is 1. The van der Waals surface area contributed by atoms with E-state index in [1.807, 2.05) is 26.0 Å². The number of phenolic OH excluding ortho intramolecular Hbond substituents is 1. The van der Waals surface area contributed by atoms with Crippen LogP contribution in [0.4, 0.5) is 14.5 Å². The maximum absolute atomic E-state index is 13.0. The van der Waals surface area contributed by atoms with Crippen LogP contribution in [0.3, 0.4) is 0 Å². The third-order valence-corrected chi connectivity index (χ3v) is 2.92.